The number of rotatable bonds is 4. The van der Waals surface area contributed by atoms with E-state index in [0.717, 1.165) is 44.1 Å². The maximum Gasteiger partial charge on any atom is 1.00 e. The minimum Gasteiger partial charge on any atom is -0.610 e. The summed E-state index contributed by atoms with van der Waals surface area (Å²) in [4.78, 5) is 0. The summed E-state index contributed by atoms with van der Waals surface area (Å²) in [5.74, 6) is -0.0293. The maximum absolute atomic E-state index is 11.7. The van der Waals surface area contributed by atoms with Gasteiger partial charge in [0.2, 0.25) is 0 Å². The van der Waals surface area contributed by atoms with Crippen molar-refractivity contribution in [3.05, 3.63) is 11.5 Å². The SMILES string of the molecule is CCC(CC)OC([O-])=C1CCCCC1.[Li+]. The van der Waals surface area contributed by atoms with Crippen LogP contribution in [0.1, 0.15) is 58.8 Å². The van der Waals surface area contributed by atoms with E-state index in [1.807, 2.05) is 0 Å². The van der Waals surface area contributed by atoms with Crippen LogP contribution in [0.25, 0.3) is 0 Å². The smallest absolute Gasteiger partial charge is 0.610 e. The zero-order valence-electron chi connectivity index (χ0n) is 10.3. The van der Waals surface area contributed by atoms with Gasteiger partial charge in [0, 0.05) is 6.10 Å². The molecule has 1 rings (SSSR count). The summed E-state index contributed by atoms with van der Waals surface area (Å²) in [6.07, 6.45) is 7.47. The van der Waals surface area contributed by atoms with Gasteiger partial charge in [-0.25, -0.2) is 0 Å². The first-order chi connectivity index (χ1) is 6.77. The molecule has 1 aliphatic carbocycles. The first-order valence-corrected chi connectivity index (χ1v) is 5.83. The fraction of sp³-hybridized carbons (Fsp3) is 0.833. The molecule has 0 aromatic rings. The van der Waals surface area contributed by atoms with Crippen LogP contribution in [-0.4, -0.2) is 6.10 Å². The Labute approximate surface area is 105 Å². The molecular weight excluding hydrogens is 183 g/mol. The van der Waals surface area contributed by atoms with E-state index in [1.165, 1.54) is 6.42 Å². The molecule has 0 radical (unpaired) electrons. The van der Waals surface area contributed by atoms with Gasteiger partial charge in [-0.1, -0.05) is 20.3 Å². The van der Waals surface area contributed by atoms with Crippen molar-refractivity contribution in [1.29, 1.82) is 0 Å². The van der Waals surface area contributed by atoms with Gasteiger partial charge in [0.1, 0.15) is 0 Å². The zero-order chi connectivity index (χ0) is 10.4. The average molecular weight is 204 g/mol. The van der Waals surface area contributed by atoms with E-state index in [-0.39, 0.29) is 30.9 Å². The summed E-state index contributed by atoms with van der Waals surface area (Å²) >= 11 is 0. The monoisotopic (exact) mass is 204 g/mol. The summed E-state index contributed by atoms with van der Waals surface area (Å²) in [5, 5.41) is 11.7. The van der Waals surface area contributed by atoms with Crippen molar-refractivity contribution in [3.63, 3.8) is 0 Å². The molecule has 0 unspecified atom stereocenters. The van der Waals surface area contributed by atoms with Crippen molar-refractivity contribution in [2.45, 2.75) is 64.9 Å². The Morgan fingerprint density at radius 3 is 2.20 bits per heavy atom. The molecule has 0 N–H and O–H groups in total. The Morgan fingerprint density at radius 1 is 1.20 bits per heavy atom. The summed E-state index contributed by atoms with van der Waals surface area (Å²) in [7, 11) is 0. The second-order valence-electron chi connectivity index (χ2n) is 4.01. The molecule has 1 fully saturated rings. The van der Waals surface area contributed by atoms with Crippen LogP contribution in [0.4, 0.5) is 0 Å². The molecule has 0 heterocycles. The molecule has 0 aromatic heterocycles. The van der Waals surface area contributed by atoms with E-state index in [1.54, 1.807) is 0 Å². The van der Waals surface area contributed by atoms with E-state index in [4.69, 9.17) is 4.74 Å². The Kier molecular flexibility index (Phi) is 8.10. The van der Waals surface area contributed by atoms with E-state index in [0.29, 0.717) is 0 Å². The molecular formula is C12H21LiO2. The number of allylic oxidation sites excluding steroid dienone is 1. The van der Waals surface area contributed by atoms with Crippen molar-refractivity contribution in [2.24, 2.45) is 0 Å². The minimum atomic E-state index is -0.0293. The predicted molar refractivity (Wildman–Crippen MR) is 55.6 cm³/mol. The molecule has 15 heavy (non-hydrogen) atoms. The third kappa shape index (κ3) is 5.00. The van der Waals surface area contributed by atoms with E-state index < -0.39 is 0 Å². The molecule has 3 heteroatoms. The summed E-state index contributed by atoms with van der Waals surface area (Å²) < 4.78 is 5.41. The average Bonchev–Trinajstić information content (AvgIpc) is 2.26. The first-order valence-electron chi connectivity index (χ1n) is 5.83. The minimum absolute atomic E-state index is 0. The topological polar surface area (TPSA) is 32.3 Å². The third-order valence-corrected chi connectivity index (χ3v) is 2.93. The second-order valence-corrected chi connectivity index (χ2v) is 4.01. The Hall–Kier alpha value is -0.0626. The largest absolute Gasteiger partial charge is 1.00 e. The van der Waals surface area contributed by atoms with Gasteiger partial charge in [-0.2, -0.15) is 0 Å². The van der Waals surface area contributed by atoms with Crippen LogP contribution in [0.15, 0.2) is 11.5 Å². The van der Waals surface area contributed by atoms with Crippen molar-refractivity contribution in [1.82, 2.24) is 0 Å². The molecule has 0 aliphatic heterocycles. The second kappa shape index (κ2) is 8.13. The predicted octanol–water partition coefficient (Wildman–Crippen LogP) is -0.268. The van der Waals surface area contributed by atoms with Gasteiger partial charge < -0.3 is 9.84 Å². The Morgan fingerprint density at radius 2 is 1.73 bits per heavy atom. The van der Waals surface area contributed by atoms with Crippen molar-refractivity contribution >= 4 is 0 Å². The van der Waals surface area contributed by atoms with Crippen LogP contribution in [-0.2, 0) is 4.74 Å². The molecule has 1 saturated carbocycles. The summed E-state index contributed by atoms with van der Waals surface area (Å²) in [6, 6.07) is 0. The first kappa shape index (κ1) is 14.9. The standard InChI is InChI=1S/C12H22O2.Li/c1-3-11(4-2)14-12(13)10-8-6-5-7-9-10;/h11,13H,3-9H2,1-2H3;/q;+1/p-1. The fourth-order valence-electron chi connectivity index (χ4n) is 1.87. The summed E-state index contributed by atoms with van der Waals surface area (Å²) in [6.45, 7) is 4.12. The van der Waals surface area contributed by atoms with Crippen molar-refractivity contribution in [2.75, 3.05) is 0 Å². The maximum atomic E-state index is 11.7. The number of hydrogen-bond acceptors (Lipinski definition) is 2. The van der Waals surface area contributed by atoms with Crippen LogP contribution >= 0.6 is 0 Å². The van der Waals surface area contributed by atoms with Crippen LogP contribution < -0.4 is 24.0 Å². The van der Waals surface area contributed by atoms with Gasteiger partial charge in [0.05, 0.1) is 5.95 Å². The fourth-order valence-corrected chi connectivity index (χ4v) is 1.87. The van der Waals surface area contributed by atoms with Crippen molar-refractivity contribution in [3.8, 4) is 0 Å². The molecule has 0 atom stereocenters. The number of ether oxygens (including phenoxy) is 1. The third-order valence-electron chi connectivity index (χ3n) is 2.93. The molecule has 0 spiro atoms. The van der Waals surface area contributed by atoms with Gasteiger partial charge in [-0.15, -0.1) is 0 Å². The van der Waals surface area contributed by atoms with Crippen LogP contribution in [0.2, 0.25) is 0 Å². The van der Waals surface area contributed by atoms with Crippen LogP contribution in [0.3, 0.4) is 0 Å². The molecule has 2 nitrogen and oxygen atoms in total. The normalized spacial score (nSPS) is 16.1. The van der Waals surface area contributed by atoms with Crippen LogP contribution in [0, 0.1) is 0 Å². The molecule has 0 bridgehead atoms. The zero-order valence-corrected chi connectivity index (χ0v) is 10.3. The van der Waals surface area contributed by atoms with E-state index in [2.05, 4.69) is 13.8 Å². The quantitative estimate of drug-likeness (QED) is 0.466. The van der Waals surface area contributed by atoms with Gasteiger partial charge in [-0.3, -0.25) is 0 Å². The van der Waals surface area contributed by atoms with E-state index in [9.17, 15) is 5.11 Å². The van der Waals surface area contributed by atoms with Crippen LogP contribution in [0.5, 0.6) is 0 Å². The van der Waals surface area contributed by atoms with Crippen molar-refractivity contribution < 1.29 is 28.7 Å². The molecule has 0 saturated heterocycles. The molecule has 0 amide bonds. The van der Waals surface area contributed by atoms with Gasteiger partial charge in [0.25, 0.3) is 0 Å². The molecule has 0 aromatic carbocycles. The van der Waals surface area contributed by atoms with Gasteiger partial charge >= 0.3 is 18.9 Å². The Bertz CT molecular complexity index is 190. The van der Waals surface area contributed by atoms with E-state index >= 15 is 0 Å². The molecule has 1 aliphatic rings. The molecule has 82 valence electrons. The van der Waals surface area contributed by atoms with Gasteiger partial charge in [-0.05, 0) is 44.1 Å². The van der Waals surface area contributed by atoms with Gasteiger partial charge in [0.15, 0.2) is 0 Å². The number of hydrogen-bond donors (Lipinski definition) is 0. The Balaban J connectivity index is 0.00000196. The summed E-state index contributed by atoms with van der Waals surface area (Å²) in [5.41, 5.74) is 1.02.